The average Bonchev–Trinajstić information content (AvgIpc) is 2.45. The third-order valence-electron chi connectivity index (χ3n) is 4.29. The van der Waals surface area contributed by atoms with Gasteiger partial charge in [0.1, 0.15) is 0 Å². The van der Waals surface area contributed by atoms with Gasteiger partial charge in [-0.1, -0.05) is 0 Å². The molecule has 1 N–H and O–H groups in total. The monoisotopic (exact) mass is 299 g/mol. The summed E-state index contributed by atoms with van der Waals surface area (Å²) >= 11 is 0. The van der Waals surface area contributed by atoms with Gasteiger partial charge in [-0.05, 0) is 12.8 Å². The zero-order valence-electron chi connectivity index (χ0n) is 12.9. The Balaban J connectivity index is 1.96. The van der Waals surface area contributed by atoms with Crippen LogP contribution < -0.4 is 0 Å². The minimum Gasteiger partial charge on any atom is -0.383 e. The fraction of sp³-hybridized carbons (Fsp3) is 0.857. The van der Waals surface area contributed by atoms with E-state index in [4.69, 9.17) is 4.74 Å². The number of carbonyl (C=O) groups excluding carboxylic acids is 2. The van der Waals surface area contributed by atoms with E-state index < -0.39 is 5.60 Å². The molecule has 7 nitrogen and oxygen atoms in total. The number of methoxy groups -OCH3 is 1. The Hall–Kier alpha value is -1.18. The first-order chi connectivity index (χ1) is 9.96. The van der Waals surface area contributed by atoms with Gasteiger partial charge in [-0.15, -0.1) is 0 Å². The number of likely N-dealkylation sites (N-methyl/N-ethyl adjacent to an activating group) is 1. The van der Waals surface area contributed by atoms with Crippen LogP contribution in [-0.4, -0.2) is 97.3 Å². The molecule has 0 spiro atoms. The van der Waals surface area contributed by atoms with Gasteiger partial charge in [0.25, 0.3) is 5.91 Å². The maximum atomic E-state index is 12.5. The summed E-state index contributed by atoms with van der Waals surface area (Å²) in [6, 6.07) is 0. The molecule has 0 aromatic rings. The van der Waals surface area contributed by atoms with E-state index in [0.29, 0.717) is 39.2 Å². The van der Waals surface area contributed by atoms with Crippen LogP contribution in [0.25, 0.3) is 0 Å². The van der Waals surface area contributed by atoms with Crippen molar-refractivity contribution in [2.75, 3.05) is 60.0 Å². The normalized spacial score (nSPS) is 28.3. The summed E-state index contributed by atoms with van der Waals surface area (Å²) in [5.41, 5.74) is -1.37. The standard InChI is InChI=1S/C14H25N3O4/c1-15-6-7-16(10-12(15)18)11-14(20)4-3-5-17(13(14)19)8-9-21-2/h20H,3-11H2,1-2H3. The topological polar surface area (TPSA) is 73.3 Å². The fourth-order valence-corrected chi connectivity index (χ4v) is 2.94. The van der Waals surface area contributed by atoms with Gasteiger partial charge in [0.15, 0.2) is 5.60 Å². The number of amides is 2. The molecule has 0 aliphatic carbocycles. The maximum absolute atomic E-state index is 12.5. The molecular weight excluding hydrogens is 274 g/mol. The van der Waals surface area contributed by atoms with Gasteiger partial charge in [-0.2, -0.15) is 0 Å². The number of hydrogen-bond acceptors (Lipinski definition) is 5. The summed E-state index contributed by atoms with van der Waals surface area (Å²) in [5, 5.41) is 10.7. The molecule has 7 heteroatoms. The Labute approximate surface area is 125 Å². The number of aliphatic hydroxyl groups is 1. The molecule has 0 saturated carbocycles. The van der Waals surface area contributed by atoms with Crippen molar-refractivity contribution in [3.05, 3.63) is 0 Å². The van der Waals surface area contributed by atoms with Crippen LogP contribution in [0.15, 0.2) is 0 Å². The summed E-state index contributed by atoms with van der Waals surface area (Å²) in [5.74, 6) is -0.207. The van der Waals surface area contributed by atoms with Gasteiger partial charge in [0.05, 0.1) is 13.2 Å². The number of carbonyl (C=O) groups is 2. The van der Waals surface area contributed by atoms with E-state index in [9.17, 15) is 14.7 Å². The Bertz CT molecular complexity index is 404. The smallest absolute Gasteiger partial charge is 0.255 e. The molecule has 2 aliphatic heterocycles. The zero-order chi connectivity index (χ0) is 15.5. The lowest BCUT2D eigenvalue weighted by molar-refractivity contribution is -0.162. The van der Waals surface area contributed by atoms with Crippen molar-refractivity contribution in [1.29, 1.82) is 0 Å². The molecule has 0 aromatic heterocycles. The maximum Gasteiger partial charge on any atom is 0.255 e. The third-order valence-corrected chi connectivity index (χ3v) is 4.29. The van der Waals surface area contributed by atoms with Gasteiger partial charge in [-0.25, -0.2) is 0 Å². The number of hydrogen-bond donors (Lipinski definition) is 1. The van der Waals surface area contributed by atoms with Crippen LogP contribution >= 0.6 is 0 Å². The van der Waals surface area contributed by atoms with Gasteiger partial charge in [0.2, 0.25) is 5.91 Å². The predicted octanol–water partition coefficient (Wildman–Crippen LogP) is -1.24. The lowest BCUT2D eigenvalue weighted by Gasteiger charge is -2.42. The van der Waals surface area contributed by atoms with Crippen molar-refractivity contribution >= 4 is 11.8 Å². The second-order valence-corrected chi connectivity index (χ2v) is 5.95. The first-order valence-corrected chi connectivity index (χ1v) is 7.43. The quantitative estimate of drug-likeness (QED) is 0.687. The molecular formula is C14H25N3O4. The number of β-amino-alcohol motifs (C(OH)–C–C–N with tert-alkyl or cyclic N) is 1. The largest absolute Gasteiger partial charge is 0.383 e. The molecule has 0 bridgehead atoms. The van der Waals surface area contributed by atoms with Crippen molar-refractivity contribution in [1.82, 2.24) is 14.7 Å². The first kappa shape index (κ1) is 16.2. The van der Waals surface area contributed by atoms with Crippen molar-refractivity contribution in [3.8, 4) is 0 Å². The van der Waals surface area contributed by atoms with E-state index >= 15 is 0 Å². The van der Waals surface area contributed by atoms with Crippen molar-refractivity contribution < 1.29 is 19.4 Å². The van der Waals surface area contributed by atoms with Gasteiger partial charge < -0.3 is 19.6 Å². The van der Waals surface area contributed by atoms with Crippen molar-refractivity contribution in [2.24, 2.45) is 0 Å². The molecule has 0 aromatic carbocycles. The molecule has 2 fully saturated rings. The summed E-state index contributed by atoms with van der Waals surface area (Å²) in [7, 11) is 3.36. The van der Waals surface area contributed by atoms with E-state index in [1.807, 2.05) is 4.90 Å². The lowest BCUT2D eigenvalue weighted by Crippen LogP contribution is -2.61. The highest BCUT2D eigenvalue weighted by Crippen LogP contribution is 2.24. The highest BCUT2D eigenvalue weighted by Gasteiger charge is 2.43. The van der Waals surface area contributed by atoms with E-state index in [2.05, 4.69) is 0 Å². The summed E-state index contributed by atoms with van der Waals surface area (Å²) < 4.78 is 5.00. The molecule has 2 rings (SSSR count). The van der Waals surface area contributed by atoms with Gasteiger partial charge in [0, 0.05) is 46.9 Å². The van der Waals surface area contributed by atoms with Crippen LogP contribution in [0.3, 0.4) is 0 Å². The summed E-state index contributed by atoms with van der Waals surface area (Å²) in [4.78, 5) is 29.4. The molecule has 120 valence electrons. The van der Waals surface area contributed by atoms with E-state index in [-0.39, 0.29) is 24.9 Å². The van der Waals surface area contributed by atoms with Crippen LogP contribution in [0, 0.1) is 0 Å². The third kappa shape index (κ3) is 3.72. The Morgan fingerprint density at radius 3 is 2.71 bits per heavy atom. The predicted molar refractivity (Wildman–Crippen MR) is 76.7 cm³/mol. The number of ether oxygens (including phenoxy) is 1. The number of likely N-dealkylation sites (tertiary alicyclic amines) is 1. The second-order valence-electron chi connectivity index (χ2n) is 5.95. The molecule has 1 atom stereocenters. The van der Waals surface area contributed by atoms with Crippen molar-refractivity contribution in [3.63, 3.8) is 0 Å². The number of piperidine rings is 1. The number of nitrogens with zero attached hydrogens (tertiary/aromatic N) is 3. The number of piperazine rings is 1. The van der Waals surface area contributed by atoms with Gasteiger partial charge >= 0.3 is 0 Å². The SMILES string of the molecule is COCCN1CCCC(O)(CN2CCN(C)C(=O)C2)C1=O. The molecule has 2 aliphatic rings. The average molecular weight is 299 g/mol. The molecule has 2 saturated heterocycles. The summed E-state index contributed by atoms with van der Waals surface area (Å²) in [6.07, 6.45) is 1.23. The first-order valence-electron chi connectivity index (χ1n) is 7.43. The minimum atomic E-state index is -1.37. The number of rotatable bonds is 5. The van der Waals surface area contributed by atoms with Crippen LogP contribution in [0.5, 0.6) is 0 Å². The van der Waals surface area contributed by atoms with Crippen LogP contribution in [0.1, 0.15) is 12.8 Å². The zero-order valence-corrected chi connectivity index (χ0v) is 12.9. The Kier molecular flexibility index (Phi) is 5.18. The highest BCUT2D eigenvalue weighted by atomic mass is 16.5. The molecule has 0 radical (unpaired) electrons. The molecule has 2 amide bonds. The lowest BCUT2D eigenvalue weighted by atomic mass is 9.91. The minimum absolute atomic E-state index is 0.0318. The van der Waals surface area contributed by atoms with Gasteiger partial charge in [-0.3, -0.25) is 14.5 Å². The molecule has 2 heterocycles. The van der Waals surface area contributed by atoms with Crippen LogP contribution in [0.4, 0.5) is 0 Å². The second kappa shape index (κ2) is 6.72. The van der Waals surface area contributed by atoms with Crippen LogP contribution in [-0.2, 0) is 14.3 Å². The Morgan fingerprint density at radius 2 is 2.05 bits per heavy atom. The fourth-order valence-electron chi connectivity index (χ4n) is 2.94. The Morgan fingerprint density at radius 1 is 1.29 bits per heavy atom. The molecule has 21 heavy (non-hydrogen) atoms. The van der Waals surface area contributed by atoms with Crippen LogP contribution in [0.2, 0.25) is 0 Å². The van der Waals surface area contributed by atoms with E-state index in [0.717, 1.165) is 6.42 Å². The summed E-state index contributed by atoms with van der Waals surface area (Å²) in [6.45, 7) is 3.45. The van der Waals surface area contributed by atoms with E-state index in [1.165, 1.54) is 0 Å². The van der Waals surface area contributed by atoms with E-state index in [1.54, 1.807) is 24.0 Å². The van der Waals surface area contributed by atoms with Crippen molar-refractivity contribution in [2.45, 2.75) is 18.4 Å². The molecule has 1 unspecified atom stereocenters. The highest BCUT2D eigenvalue weighted by molar-refractivity contribution is 5.86.